The SMILES string of the molecule is O=C(O)COc1ccc(CCCS(=O)(=O)c2ccc(Cl)cc2)cc1NC(=O)c1cccc(CSc2nc3ccccc3s2)c1. The summed E-state index contributed by atoms with van der Waals surface area (Å²) in [7, 11) is -3.50. The number of thiazole rings is 1. The van der Waals surface area contributed by atoms with Crippen molar-refractivity contribution in [1.29, 1.82) is 0 Å². The highest BCUT2D eigenvalue weighted by atomic mass is 35.5. The zero-order valence-electron chi connectivity index (χ0n) is 23.2. The number of carboxylic acid groups (broad SMARTS) is 1. The average molecular weight is 667 g/mol. The number of hydrogen-bond acceptors (Lipinski definition) is 8. The van der Waals surface area contributed by atoms with Gasteiger partial charge in [-0.05, 0) is 84.6 Å². The van der Waals surface area contributed by atoms with Gasteiger partial charge in [0.05, 0.1) is 26.6 Å². The van der Waals surface area contributed by atoms with Gasteiger partial charge in [-0.2, -0.15) is 0 Å². The molecule has 0 saturated carbocycles. The van der Waals surface area contributed by atoms with Crippen molar-refractivity contribution in [2.45, 2.75) is 27.8 Å². The Morgan fingerprint density at radius 3 is 2.52 bits per heavy atom. The minimum absolute atomic E-state index is 0.0740. The molecule has 0 radical (unpaired) electrons. The van der Waals surface area contributed by atoms with Crippen molar-refractivity contribution in [3.63, 3.8) is 0 Å². The van der Waals surface area contributed by atoms with Crippen molar-refractivity contribution in [1.82, 2.24) is 4.98 Å². The molecular formula is C32H27ClN2O6S3. The molecule has 0 bridgehead atoms. The number of thioether (sulfide) groups is 1. The fourth-order valence-corrected chi connectivity index (χ4v) is 7.82. The van der Waals surface area contributed by atoms with E-state index in [0.717, 1.165) is 25.7 Å². The maximum Gasteiger partial charge on any atom is 0.341 e. The Hall–Kier alpha value is -3.90. The van der Waals surface area contributed by atoms with Gasteiger partial charge in [-0.1, -0.05) is 53.7 Å². The number of anilines is 1. The number of nitrogens with one attached hydrogen (secondary N) is 1. The molecule has 2 N–H and O–H groups in total. The van der Waals surface area contributed by atoms with Crippen molar-refractivity contribution >= 4 is 72.3 Å². The molecule has 0 aliphatic rings. The molecule has 1 heterocycles. The zero-order chi connectivity index (χ0) is 31.1. The van der Waals surface area contributed by atoms with Crippen molar-refractivity contribution < 1.29 is 27.9 Å². The summed E-state index contributed by atoms with van der Waals surface area (Å²) in [5.41, 5.74) is 3.38. The number of carbonyl (C=O) groups is 2. The number of aryl methyl sites for hydroxylation is 1. The highest BCUT2D eigenvalue weighted by molar-refractivity contribution is 8.00. The fraction of sp³-hybridized carbons (Fsp3) is 0.156. The Bertz CT molecular complexity index is 1880. The number of benzene rings is 4. The van der Waals surface area contributed by atoms with Gasteiger partial charge in [-0.25, -0.2) is 18.2 Å². The molecule has 0 unspecified atom stereocenters. The van der Waals surface area contributed by atoms with E-state index in [9.17, 15) is 18.0 Å². The number of halogens is 1. The summed E-state index contributed by atoms with van der Waals surface area (Å²) in [6, 6.07) is 26.2. The molecule has 1 aromatic heterocycles. The van der Waals surface area contributed by atoms with Crippen molar-refractivity contribution in [2.75, 3.05) is 17.7 Å². The number of nitrogens with zero attached hydrogens (tertiary/aromatic N) is 1. The maximum atomic E-state index is 13.3. The molecule has 5 aromatic rings. The van der Waals surface area contributed by atoms with Gasteiger partial charge in [0.1, 0.15) is 5.75 Å². The van der Waals surface area contributed by atoms with Crippen LogP contribution in [0.3, 0.4) is 0 Å². The van der Waals surface area contributed by atoms with Gasteiger partial charge in [0.25, 0.3) is 5.91 Å². The lowest BCUT2D eigenvalue weighted by molar-refractivity contribution is -0.139. The van der Waals surface area contributed by atoms with Gasteiger partial charge in [-0.3, -0.25) is 4.79 Å². The first-order valence-corrected chi connectivity index (χ1v) is 17.3. The van der Waals surface area contributed by atoms with Crippen LogP contribution < -0.4 is 10.1 Å². The lowest BCUT2D eigenvalue weighted by atomic mass is 10.1. The number of amides is 1. The number of carbonyl (C=O) groups excluding carboxylic acids is 1. The summed E-state index contributed by atoms with van der Waals surface area (Å²) in [6.07, 6.45) is 0.745. The standard InChI is InChI=1S/C32H27ClN2O6S3/c33-24-11-13-25(14-12-24)44(39,40)16-4-6-21-10-15-28(41-19-30(36)37)27(18-21)34-31(38)23-7-3-5-22(17-23)20-42-32-35-26-8-1-2-9-29(26)43-32/h1-3,5,7-15,17-18H,4,6,16,19-20H2,(H,34,38)(H,36,37). The molecule has 5 rings (SSSR count). The van der Waals surface area contributed by atoms with Crippen LogP contribution in [-0.2, 0) is 26.8 Å². The number of rotatable bonds is 13. The third kappa shape index (κ3) is 8.38. The molecule has 44 heavy (non-hydrogen) atoms. The van der Waals surface area contributed by atoms with E-state index in [4.69, 9.17) is 21.4 Å². The molecule has 12 heteroatoms. The maximum absolute atomic E-state index is 13.3. The van der Waals surface area contributed by atoms with Crippen LogP contribution in [0, 0.1) is 0 Å². The Labute approximate surface area is 268 Å². The second-order valence-corrected chi connectivity index (χ2v) is 14.6. The van der Waals surface area contributed by atoms with Crippen molar-refractivity contribution in [2.24, 2.45) is 0 Å². The summed E-state index contributed by atoms with van der Waals surface area (Å²) in [4.78, 5) is 29.3. The Balaban J connectivity index is 1.26. The second kappa shape index (κ2) is 14.3. The number of carboxylic acids is 1. The van der Waals surface area contributed by atoms with Gasteiger partial charge < -0.3 is 15.2 Å². The molecule has 226 valence electrons. The molecule has 0 atom stereocenters. The van der Waals surface area contributed by atoms with E-state index < -0.39 is 22.4 Å². The molecule has 0 spiro atoms. The first kappa shape index (κ1) is 31.5. The molecule has 0 fully saturated rings. The summed E-state index contributed by atoms with van der Waals surface area (Å²) < 4.78 is 32.9. The minimum atomic E-state index is -3.50. The van der Waals surface area contributed by atoms with E-state index in [2.05, 4.69) is 10.3 Å². The molecule has 1 amide bonds. The van der Waals surface area contributed by atoms with Gasteiger partial charge in [0.2, 0.25) is 0 Å². The lowest BCUT2D eigenvalue weighted by Gasteiger charge is -2.14. The van der Waals surface area contributed by atoms with E-state index in [1.807, 2.05) is 36.4 Å². The molecule has 0 aliphatic heterocycles. The molecule has 8 nitrogen and oxygen atoms in total. The number of aromatic nitrogens is 1. The number of para-hydroxylation sites is 1. The van der Waals surface area contributed by atoms with Crippen LogP contribution in [0.5, 0.6) is 5.75 Å². The van der Waals surface area contributed by atoms with E-state index in [1.54, 1.807) is 53.4 Å². The summed E-state index contributed by atoms with van der Waals surface area (Å²) in [5.74, 6) is -0.796. The normalized spacial score (nSPS) is 11.4. The van der Waals surface area contributed by atoms with Crippen LogP contribution in [0.4, 0.5) is 5.69 Å². The smallest absolute Gasteiger partial charge is 0.341 e. The summed E-state index contributed by atoms with van der Waals surface area (Å²) in [5, 5.41) is 12.4. The first-order chi connectivity index (χ1) is 21.2. The largest absolute Gasteiger partial charge is 0.480 e. The minimum Gasteiger partial charge on any atom is -0.480 e. The molecule has 4 aromatic carbocycles. The monoisotopic (exact) mass is 666 g/mol. The number of ether oxygens (including phenoxy) is 1. The number of sulfone groups is 1. The number of fused-ring (bicyclic) bond motifs is 1. The fourth-order valence-electron chi connectivity index (χ4n) is 4.38. The van der Waals surface area contributed by atoms with Crippen LogP contribution in [0.1, 0.15) is 27.9 Å². The number of aliphatic carboxylic acids is 1. The first-order valence-electron chi connectivity index (χ1n) is 13.5. The quantitative estimate of drug-likeness (QED) is 0.125. The molecule has 0 aliphatic carbocycles. The molecular weight excluding hydrogens is 640 g/mol. The van der Waals surface area contributed by atoms with Gasteiger partial charge in [0.15, 0.2) is 20.8 Å². The van der Waals surface area contributed by atoms with Crippen LogP contribution >= 0.6 is 34.7 Å². The van der Waals surface area contributed by atoms with E-state index in [-0.39, 0.29) is 22.3 Å². The highest BCUT2D eigenvalue weighted by Crippen LogP contribution is 2.32. The predicted molar refractivity (Wildman–Crippen MR) is 175 cm³/mol. The highest BCUT2D eigenvalue weighted by Gasteiger charge is 2.16. The summed E-state index contributed by atoms with van der Waals surface area (Å²) in [6.45, 7) is -0.583. The third-order valence-corrected chi connectivity index (χ3v) is 10.8. The third-order valence-electron chi connectivity index (χ3n) is 6.52. The van der Waals surface area contributed by atoms with E-state index >= 15 is 0 Å². The summed E-state index contributed by atoms with van der Waals surface area (Å²) >= 11 is 9.10. The Morgan fingerprint density at radius 2 is 1.75 bits per heavy atom. The molecule has 0 saturated heterocycles. The lowest BCUT2D eigenvalue weighted by Crippen LogP contribution is -2.15. The number of hydrogen-bond donors (Lipinski definition) is 2. The predicted octanol–water partition coefficient (Wildman–Crippen LogP) is 7.36. The van der Waals surface area contributed by atoms with Gasteiger partial charge in [0, 0.05) is 16.3 Å². The second-order valence-electron chi connectivity index (χ2n) is 9.78. The Morgan fingerprint density at radius 1 is 0.955 bits per heavy atom. The Kier molecular flexibility index (Phi) is 10.2. The van der Waals surface area contributed by atoms with Gasteiger partial charge in [-0.15, -0.1) is 11.3 Å². The zero-order valence-corrected chi connectivity index (χ0v) is 26.4. The van der Waals surface area contributed by atoms with Crippen LogP contribution in [0.25, 0.3) is 10.2 Å². The van der Waals surface area contributed by atoms with Crippen LogP contribution in [0.2, 0.25) is 5.02 Å². The van der Waals surface area contributed by atoms with E-state index in [0.29, 0.717) is 34.9 Å². The van der Waals surface area contributed by atoms with Crippen molar-refractivity contribution in [3.05, 3.63) is 113 Å². The average Bonchev–Trinajstić information content (AvgIpc) is 3.43. The van der Waals surface area contributed by atoms with Crippen molar-refractivity contribution in [3.8, 4) is 5.75 Å². The van der Waals surface area contributed by atoms with Gasteiger partial charge >= 0.3 is 5.97 Å². The topological polar surface area (TPSA) is 123 Å². The van der Waals surface area contributed by atoms with Crippen LogP contribution in [-0.4, -0.2) is 42.7 Å². The van der Waals surface area contributed by atoms with Crippen LogP contribution in [0.15, 0.2) is 100 Å². The van der Waals surface area contributed by atoms with E-state index in [1.165, 1.54) is 24.3 Å².